The van der Waals surface area contributed by atoms with E-state index in [4.69, 9.17) is 41.6 Å². The largest absolute Gasteiger partial charge is 1.00 e. The number of anilines is 1. The summed E-state index contributed by atoms with van der Waals surface area (Å²) < 4.78 is 72.3. The van der Waals surface area contributed by atoms with Crippen LogP contribution in [0, 0.1) is 0 Å². The summed E-state index contributed by atoms with van der Waals surface area (Å²) in [6.45, 7) is -0.975. The Hall–Kier alpha value is 0.833. The molecule has 18 heteroatoms. The first-order chi connectivity index (χ1) is 14.7. The number of rotatable bonds is 6. The fourth-order valence-corrected chi connectivity index (χ4v) is 5.65. The fourth-order valence-electron chi connectivity index (χ4n) is 3.52. The molecule has 34 heavy (non-hydrogen) atoms. The summed E-state index contributed by atoms with van der Waals surface area (Å²) in [5, 5.41) is 0.978. The molecule has 1 heterocycles. The van der Waals surface area contributed by atoms with E-state index < -0.39 is 88.3 Å². The van der Waals surface area contributed by atoms with Crippen molar-refractivity contribution in [3.63, 3.8) is 0 Å². The van der Waals surface area contributed by atoms with Crippen LogP contribution in [-0.2, 0) is 20.2 Å². The van der Waals surface area contributed by atoms with Gasteiger partial charge >= 0.3 is 103 Å². The molecule has 0 radical (unpaired) electrons. The molecular weight excluding hydrogens is 583 g/mol. The molecule has 2 amide bonds. The summed E-state index contributed by atoms with van der Waals surface area (Å²) >= 11 is 10.1. The number of carbonyl (C=O) groups is 2. The molecule has 1 aliphatic rings. The molecule has 0 aliphatic carbocycles. The van der Waals surface area contributed by atoms with Crippen LogP contribution in [0.5, 0.6) is 0 Å². The van der Waals surface area contributed by atoms with Crippen molar-refractivity contribution >= 4 is 82.7 Å². The van der Waals surface area contributed by atoms with Crippen molar-refractivity contribution in [2.24, 2.45) is 11.5 Å². The second kappa shape index (κ2) is 11.7. The first-order valence-corrected chi connectivity index (χ1v) is 12.0. The van der Waals surface area contributed by atoms with E-state index in [1.807, 2.05) is 5.32 Å². The number of benzene rings is 2. The third-order valence-corrected chi connectivity index (χ3v) is 7.21. The van der Waals surface area contributed by atoms with Gasteiger partial charge in [0.25, 0.3) is 11.8 Å². The number of thiocarbonyl (C=S) groups is 2. The van der Waals surface area contributed by atoms with Gasteiger partial charge in [-0.05, 0) is 6.07 Å². The SMILES string of the molecule is NCC(=S)c1c(S(=O)(=O)[O-])c(N)c2c(C(=S)CN)c(S(=O)(=O)[O-])cc3c2c1C(=O)NC3=O.[K+].[K+]. The van der Waals surface area contributed by atoms with Gasteiger partial charge in [0.1, 0.15) is 20.2 Å². The Bertz CT molecular complexity index is 1510. The molecule has 2 aromatic rings. The van der Waals surface area contributed by atoms with E-state index in [-0.39, 0.29) is 118 Å². The number of imide groups is 1. The van der Waals surface area contributed by atoms with E-state index in [1.165, 1.54) is 0 Å². The summed E-state index contributed by atoms with van der Waals surface area (Å²) in [4.78, 5) is 22.3. The monoisotopic (exact) mass is 594 g/mol. The molecule has 0 saturated heterocycles. The van der Waals surface area contributed by atoms with E-state index in [9.17, 15) is 35.5 Å². The number of carbonyl (C=O) groups excluding carboxylic acids is 2. The number of amides is 2. The Morgan fingerprint density at radius 1 is 0.882 bits per heavy atom. The molecule has 0 saturated carbocycles. The third-order valence-electron chi connectivity index (χ3n) is 4.68. The van der Waals surface area contributed by atoms with Gasteiger partial charge in [-0.3, -0.25) is 14.9 Å². The topological polar surface area (TPSA) is 239 Å². The van der Waals surface area contributed by atoms with Gasteiger partial charge in [-0.2, -0.15) is 0 Å². The molecule has 0 spiro atoms. The molecule has 0 bridgehead atoms. The van der Waals surface area contributed by atoms with E-state index in [0.29, 0.717) is 6.07 Å². The van der Waals surface area contributed by atoms with E-state index in [0.717, 1.165) is 0 Å². The van der Waals surface area contributed by atoms with Crippen LogP contribution in [0.3, 0.4) is 0 Å². The van der Waals surface area contributed by atoms with Crippen LogP contribution in [0.15, 0.2) is 15.9 Å². The zero-order valence-corrected chi connectivity index (χ0v) is 27.1. The summed E-state index contributed by atoms with van der Waals surface area (Å²) in [7, 11) is -10.8. The van der Waals surface area contributed by atoms with E-state index in [2.05, 4.69) is 0 Å². The van der Waals surface area contributed by atoms with Crippen LogP contribution in [0.1, 0.15) is 31.8 Å². The van der Waals surface area contributed by atoms with E-state index >= 15 is 0 Å². The zero-order chi connectivity index (χ0) is 24.3. The first kappa shape index (κ1) is 32.9. The van der Waals surface area contributed by atoms with E-state index in [1.54, 1.807) is 0 Å². The minimum Gasteiger partial charge on any atom is -0.744 e. The van der Waals surface area contributed by atoms with Crippen LogP contribution in [0.2, 0.25) is 0 Å². The molecular formula is C16H12K2N4O8S4. The van der Waals surface area contributed by atoms with Gasteiger partial charge in [0.15, 0.2) is 0 Å². The average Bonchev–Trinajstić information content (AvgIpc) is 2.68. The molecule has 170 valence electrons. The van der Waals surface area contributed by atoms with Crippen LogP contribution in [-0.4, -0.2) is 60.6 Å². The Kier molecular flexibility index (Phi) is 11.3. The Morgan fingerprint density at radius 3 is 1.82 bits per heavy atom. The predicted molar refractivity (Wildman–Crippen MR) is 118 cm³/mol. The van der Waals surface area contributed by atoms with Crippen LogP contribution in [0.25, 0.3) is 10.8 Å². The summed E-state index contributed by atoms with van der Waals surface area (Å²) in [6.07, 6.45) is 0. The second-order valence-corrected chi connectivity index (χ2v) is 10.1. The maximum atomic E-state index is 12.7. The average molecular weight is 595 g/mol. The molecule has 0 unspecified atom stereocenters. The maximum Gasteiger partial charge on any atom is 1.00 e. The zero-order valence-electron chi connectivity index (χ0n) is 17.6. The Balaban J connectivity index is 0.00000289. The minimum absolute atomic E-state index is 0. The van der Waals surface area contributed by atoms with Gasteiger partial charge in [0.2, 0.25) is 0 Å². The van der Waals surface area contributed by atoms with Gasteiger partial charge in [-0.1, -0.05) is 24.4 Å². The smallest absolute Gasteiger partial charge is 0.744 e. The summed E-state index contributed by atoms with van der Waals surface area (Å²) in [6, 6.07) is 0.674. The fraction of sp³-hybridized carbons (Fsp3) is 0.125. The van der Waals surface area contributed by atoms with Crippen molar-refractivity contribution in [2.75, 3.05) is 18.8 Å². The predicted octanol–water partition coefficient (Wildman–Crippen LogP) is -7.52. The van der Waals surface area contributed by atoms with Gasteiger partial charge in [-0.25, -0.2) is 16.8 Å². The number of nitrogens with two attached hydrogens (primary N) is 3. The Morgan fingerprint density at radius 2 is 1.38 bits per heavy atom. The third kappa shape index (κ3) is 5.64. The van der Waals surface area contributed by atoms with Crippen LogP contribution >= 0.6 is 24.4 Å². The Labute approximate surface area is 289 Å². The number of hydrogen-bond acceptors (Lipinski definition) is 13. The summed E-state index contributed by atoms with van der Waals surface area (Å²) in [5.74, 6) is -2.25. The maximum absolute atomic E-state index is 12.7. The van der Waals surface area contributed by atoms with Gasteiger partial charge < -0.3 is 26.3 Å². The molecule has 0 aromatic heterocycles. The molecule has 7 N–H and O–H groups in total. The summed E-state index contributed by atoms with van der Waals surface area (Å²) in [5.41, 5.74) is 13.9. The number of nitrogen functional groups attached to an aromatic ring is 1. The number of nitrogens with one attached hydrogen (secondary N) is 1. The van der Waals surface area contributed by atoms with Gasteiger partial charge in [0.05, 0.1) is 21.0 Å². The van der Waals surface area contributed by atoms with Gasteiger partial charge in [-0.15, -0.1) is 0 Å². The molecule has 2 aromatic carbocycles. The van der Waals surface area contributed by atoms with Crippen molar-refractivity contribution in [2.45, 2.75) is 9.79 Å². The quantitative estimate of drug-likeness (QED) is 0.0608. The second-order valence-electron chi connectivity index (χ2n) is 6.49. The van der Waals surface area contributed by atoms with Crippen molar-refractivity contribution < 1.29 is 138 Å². The molecule has 3 rings (SSSR count). The van der Waals surface area contributed by atoms with Crippen molar-refractivity contribution in [1.29, 1.82) is 0 Å². The first-order valence-electron chi connectivity index (χ1n) is 8.36. The van der Waals surface area contributed by atoms with Crippen molar-refractivity contribution in [3.8, 4) is 0 Å². The molecule has 0 atom stereocenters. The minimum atomic E-state index is -5.45. The number of hydrogen-bond donors (Lipinski definition) is 4. The van der Waals surface area contributed by atoms with Gasteiger partial charge in [0, 0.05) is 50.3 Å². The van der Waals surface area contributed by atoms with Crippen molar-refractivity contribution in [1.82, 2.24) is 5.32 Å². The van der Waals surface area contributed by atoms with Crippen LogP contribution in [0.4, 0.5) is 5.69 Å². The van der Waals surface area contributed by atoms with Crippen molar-refractivity contribution in [3.05, 3.63) is 28.3 Å². The standard InChI is InChI=1S/C16H14N4O8S4.2K/c17-2-5(29)9-7(31(23,24)25)1-4-8-11(9)13(19)14(32(26,27)28)10(6(30)3-18)12(8)16(22)20-15(4)21;;/h1H,2-3,17-19H2,(H,20,21,22)(H,23,24,25)(H,26,27,28);;/q;2*+1/p-2. The van der Waals surface area contributed by atoms with Crippen LogP contribution < -0.4 is 125 Å². The molecule has 12 nitrogen and oxygen atoms in total. The normalized spacial score (nSPS) is 13.1. The molecule has 0 fully saturated rings. The molecule has 1 aliphatic heterocycles.